The molecule has 0 spiro atoms. The second kappa shape index (κ2) is 6.29. The minimum Gasteiger partial charge on any atom is -0.363 e. The summed E-state index contributed by atoms with van der Waals surface area (Å²) in [6, 6.07) is 0. The zero-order valence-corrected chi connectivity index (χ0v) is 12.0. The molecule has 4 heteroatoms. The van der Waals surface area contributed by atoms with Crippen LogP contribution in [0, 0.1) is 0 Å². The van der Waals surface area contributed by atoms with Crippen LogP contribution in [-0.2, 0) is 0 Å². The molecule has 0 saturated heterocycles. The summed E-state index contributed by atoms with van der Waals surface area (Å²) in [5, 5.41) is 3.21. The zero-order valence-electron chi connectivity index (χ0n) is 11.2. The van der Waals surface area contributed by atoms with Crippen molar-refractivity contribution in [3.05, 3.63) is 12.4 Å². The molecule has 1 rings (SSSR count). The SMILES string of the molecule is C=C(/N=C(/Cl)NC)N(CC)C1(C)CCCCC1. The number of halogens is 1. The third-order valence-electron chi connectivity index (χ3n) is 3.64. The number of amidine groups is 1. The molecule has 0 aromatic carbocycles. The van der Waals surface area contributed by atoms with Gasteiger partial charge in [-0.3, -0.25) is 0 Å². The molecule has 0 aliphatic heterocycles. The Morgan fingerprint density at radius 3 is 2.47 bits per heavy atom. The highest BCUT2D eigenvalue weighted by Gasteiger charge is 2.33. The molecule has 1 N–H and O–H groups in total. The summed E-state index contributed by atoms with van der Waals surface area (Å²) in [7, 11) is 1.76. The first-order chi connectivity index (χ1) is 8.03. The van der Waals surface area contributed by atoms with Gasteiger partial charge in [-0.15, -0.1) is 0 Å². The molecule has 17 heavy (non-hydrogen) atoms. The Morgan fingerprint density at radius 1 is 1.41 bits per heavy atom. The largest absolute Gasteiger partial charge is 0.363 e. The maximum atomic E-state index is 5.90. The highest BCUT2D eigenvalue weighted by molar-refractivity contribution is 6.64. The van der Waals surface area contributed by atoms with E-state index in [2.05, 4.69) is 35.6 Å². The first kappa shape index (κ1) is 14.4. The summed E-state index contributed by atoms with van der Waals surface area (Å²) < 4.78 is 0. The van der Waals surface area contributed by atoms with E-state index in [1.807, 2.05) is 0 Å². The number of hydrogen-bond acceptors (Lipinski definition) is 2. The third kappa shape index (κ3) is 3.63. The van der Waals surface area contributed by atoms with Gasteiger partial charge < -0.3 is 10.2 Å². The third-order valence-corrected chi connectivity index (χ3v) is 3.92. The molecule has 98 valence electrons. The smallest absolute Gasteiger partial charge is 0.197 e. The summed E-state index contributed by atoms with van der Waals surface area (Å²) >= 11 is 5.90. The number of aliphatic imine (C=N–C) groups is 1. The summed E-state index contributed by atoms with van der Waals surface area (Å²) in [6.07, 6.45) is 6.37. The molecule has 0 aromatic heterocycles. The molecular weight excluding hydrogens is 234 g/mol. The second-order valence-corrected chi connectivity index (χ2v) is 5.23. The minimum absolute atomic E-state index is 0.193. The average molecular weight is 258 g/mol. The van der Waals surface area contributed by atoms with E-state index in [0.717, 1.165) is 12.4 Å². The molecule has 1 aliphatic rings. The number of rotatable bonds is 4. The number of nitrogens with zero attached hydrogens (tertiary/aromatic N) is 2. The predicted molar refractivity (Wildman–Crippen MR) is 75.4 cm³/mol. The van der Waals surface area contributed by atoms with Crippen LogP contribution in [0.3, 0.4) is 0 Å². The van der Waals surface area contributed by atoms with Crippen LogP contribution in [0.4, 0.5) is 0 Å². The van der Waals surface area contributed by atoms with Crippen molar-refractivity contribution in [2.45, 2.75) is 51.5 Å². The number of nitrogens with one attached hydrogen (secondary N) is 1. The van der Waals surface area contributed by atoms with E-state index in [1.165, 1.54) is 32.1 Å². The van der Waals surface area contributed by atoms with Crippen molar-refractivity contribution >= 4 is 16.9 Å². The van der Waals surface area contributed by atoms with E-state index in [-0.39, 0.29) is 5.54 Å². The van der Waals surface area contributed by atoms with Gasteiger partial charge in [-0.1, -0.05) is 25.8 Å². The maximum absolute atomic E-state index is 5.90. The highest BCUT2D eigenvalue weighted by atomic mass is 35.5. The van der Waals surface area contributed by atoms with Gasteiger partial charge in [0.1, 0.15) is 5.82 Å². The van der Waals surface area contributed by atoms with Gasteiger partial charge in [0, 0.05) is 19.1 Å². The van der Waals surface area contributed by atoms with Crippen molar-refractivity contribution in [2.24, 2.45) is 4.99 Å². The van der Waals surface area contributed by atoms with Gasteiger partial charge >= 0.3 is 0 Å². The fourth-order valence-corrected chi connectivity index (χ4v) is 2.79. The molecule has 0 bridgehead atoms. The Hall–Kier alpha value is -0.700. The van der Waals surface area contributed by atoms with Crippen LogP contribution in [-0.4, -0.2) is 29.3 Å². The molecule has 0 amide bonds. The lowest BCUT2D eigenvalue weighted by Crippen LogP contribution is -2.46. The van der Waals surface area contributed by atoms with Gasteiger partial charge in [0.25, 0.3) is 0 Å². The van der Waals surface area contributed by atoms with Crippen LogP contribution in [0.15, 0.2) is 17.4 Å². The van der Waals surface area contributed by atoms with Crippen molar-refractivity contribution in [3.63, 3.8) is 0 Å². The van der Waals surface area contributed by atoms with Crippen molar-refractivity contribution in [1.29, 1.82) is 0 Å². The van der Waals surface area contributed by atoms with Gasteiger partial charge in [-0.05, 0) is 38.3 Å². The van der Waals surface area contributed by atoms with E-state index in [4.69, 9.17) is 11.6 Å². The normalized spacial score (nSPS) is 19.9. The van der Waals surface area contributed by atoms with E-state index >= 15 is 0 Å². The standard InChI is InChI=1S/C13H24ClN3/c1-5-17(11(2)16-12(14)15-4)13(3)9-7-6-8-10-13/h2,5-10H2,1,3-4H3,(H,15,16). The molecule has 1 aliphatic carbocycles. The molecule has 1 fully saturated rings. The lowest BCUT2D eigenvalue weighted by atomic mass is 9.82. The Labute approximate surface area is 110 Å². The van der Waals surface area contributed by atoms with Crippen LogP contribution in [0.5, 0.6) is 0 Å². The zero-order chi connectivity index (χ0) is 12.9. The monoisotopic (exact) mass is 257 g/mol. The van der Waals surface area contributed by atoms with Gasteiger partial charge in [0.05, 0.1) is 0 Å². The van der Waals surface area contributed by atoms with E-state index in [9.17, 15) is 0 Å². The molecule has 1 saturated carbocycles. The molecule has 0 aromatic rings. The van der Waals surface area contributed by atoms with Gasteiger partial charge in [0.15, 0.2) is 5.29 Å². The van der Waals surface area contributed by atoms with Gasteiger partial charge in [0.2, 0.25) is 0 Å². The summed E-state index contributed by atoms with van der Waals surface area (Å²) in [5.41, 5.74) is 0.193. The Bertz CT molecular complexity index is 293. The Kier molecular flexibility index (Phi) is 5.31. The first-order valence-electron chi connectivity index (χ1n) is 6.42. The quantitative estimate of drug-likeness (QED) is 0.475. The van der Waals surface area contributed by atoms with Crippen molar-refractivity contribution in [3.8, 4) is 0 Å². The van der Waals surface area contributed by atoms with E-state index in [1.54, 1.807) is 7.05 Å². The first-order valence-corrected chi connectivity index (χ1v) is 6.80. The Balaban J connectivity index is 2.79. The topological polar surface area (TPSA) is 27.6 Å². The fraction of sp³-hybridized carbons (Fsp3) is 0.769. The highest BCUT2D eigenvalue weighted by Crippen LogP contribution is 2.35. The lowest BCUT2D eigenvalue weighted by molar-refractivity contribution is 0.105. The summed E-state index contributed by atoms with van der Waals surface area (Å²) in [6.45, 7) is 9.43. The van der Waals surface area contributed by atoms with Crippen LogP contribution in [0.1, 0.15) is 46.0 Å². The molecule has 0 radical (unpaired) electrons. The Morgan fingerprint density at radius 2 is 2.00 bits per heavy atom. The van der Waals surface area contributed by atoms with E-state index < -0.39 is 0 Å². The predicted octanol–water partition coefficient (Wildman–Crippen LogP) is 3.32. The van der Waals surface area contributed by atoms with Gasteiger partial charge in [-0.2, -0.15) is 0 Å². The molecule has 0 heterocycles. The van der Waals surface area contributed by atoms with Crippen molar-refractivity contribution in [2.75, 3.05) is 13.6 Å². The molecule has 0 unspecified atom stereocenters. The van der Waals surface area contributed by atoms with Crippen LogP contribution in [0.2, 0.25) is 0 Å². The van der Waals surface area contributed by atoms with Crippen LogP contribution in [0.25, 0.3) is 0 Å². The van der Waals surface area contributed by atoms with Crippen molar-refractivity contribution in [1.82, 2.24) is 10.2 Å². The molecular formula is C13H24ClN3. The van der Waals surface area contributed by atoms with Crippen LogP contribution >= 0.6 is 11.6 Å². The lowest BCUT2D eigenvalue weighted by Gasteiger charge is -2.44. The summed E-state index contributed by atoms with van der Waals surface area (Å²) in [5.74, 6) is 0.760. The van der Waals surface area contributed by atoms with Crippen molar-refractivity contribution < 1.29 is 0 Å². The second-order valence-electron chi connectivity index (χ2n) is 4.87. The number of hydrogen-bond donors (Lipinski definition) is 1. The fourth-order valence-electron chi connectivity index (χ4n) is 2.69. The average Bonchev–Trinajstić information content (AvgIpc) is 2.30. The van der Waals surface area contributed by atoms with E-state index in [0.29, 0.717) is 5.29 Å². The molecule has 3 nitrogen and oxygen atoms in total. The molecule has 0 atom stereocenters. The van der Waals surface area contributed by atoms with Gasteiger partial charge in [-0.25, -0.2) is 4.99 Å². The minimum atomic E-state index is 0.193. The summed E-state index contributed by atoms with van der Waals surface area (Å²) in [4.78, 5) is 6.57. The maximum Gasteiger partial charge on any atom is 0.197 e. The van der Waals surface area contributed by atoms with Crippen LogP contribution < -0.4 is 5.32 Å².